The molecule has 6 nitrogen and oxygen atoms in total. The van der Waals surface area contributed by atoms with E-state index in [-0.39, 0.29) is 12.3 Å². The normalized spacial score (nSPS) is 10.1. The van der Waals surface area contributed by atoms with Gasteiger partial charge >= 0.3 is 0 Å². The minimum Gasteiger partial charge on any atom is -0.497 e. The molecule has 0 unspecified atom stereocenters. The number of methoxy groups -OCH3 is 4. The number of amides is 1. The summed E-state index contributed by atoms with van der Waals surface area (Å²) in [6.07, 6.45) is 0.223. The first-order chi connectivity index (χ1) is 12.1. The van der Waals surface area contributed by atoms with Crippen molar-refractivity contribution in [3.8, 4) is 23.0 Å². The van der Waals surface area contributed by atoms with Gasteiger partial charge in [0.05, 0.1) is 34.9 Å². The average molecular weight is 345 g/mol. The molecule has 0 aliphatic rings. The molecule has 0 radical (unpaired) electrons. The summed E-state index contributed by atoms with van der Waals surface area (Å²) in [6.45, 7) is 0.400. The lowest BCUT2D eigenvalue weighted by molar-refractivity contribution is -0.120. The Bertz CT molecular complexity index is 730. The van der Waals surface area contributed by atoms with Crippen LogP contribution in [0.25, 0.3) is 0 Å². The highest BCUT2D eigenvalue weighted by atomic mass is 16.5. The molecule has 0 bridgehead atoms. The van der Waals surface area contributed by atoms with E-state index < -0.39 is 0 Å². The van der Waals surface area contributed by atoms with E-state index in [4.69, 9.17) is 18.9 Å². The summed E-state index contributed by atoms with van der Waals surface area (Å²) >= 11 is 0. The van der Waals surface area contributed by atoms with Crippen LogP contribution in [0.15, 0.2) is 36.4 Å². The summed E-state index contributed by atoms with van der Waals surface area (Å²) in [5, 5.41) is 2.89. The zero-order valence-electron chi connectivity index (χ0n) is 14.9. The quantitative estimate of drug-likeness (QED) is 0.797. The zero-order valence-corrected chi connectivity index (χ0v) is 14.9. The van der Waals surface area contributed by atoms with Crippen LogP contribution in [0.3, 0.4) is 0 Å². The van der Waals surface area contributed by atoms with Crippen molar-refractivity contribution in [1.82, 2.24) is 5.32 Å². The molecular weight excluding hydrogens is 322 g/mol. The van der Waals surface area contributed by atoms with Crippen LogP contribution >= 0.6 is 0 Å². The molecule has 6 heteroatoms. The summed E-state index contributed by atoms with van der Waals surface area (Å²) < 4.78 is 20.9. The fourth-order valence-electron chi connectivity index (χ4n) is 2.42. The van der Waals surface area contributed by atoms with Crippen LogP contribution in [-0.4, -0.2) is 34.3 Å². The van der Waals surface area contributed by atoms with Gasteiger partial charge in [0.2, 0.25) is 5.91 Å². The van der Waals surface area contributed by atoms with Gasteiger partial charge in [-0.2, -0.15) is 0 Å². The van der Waals surface area contributed by atoms with Gasteiger partial charge in [-0.3, -0.25) is 4.79 Å². The lowest BCUT2D eigenvalue weighted by Crippen LogP contribution is -2.24. The first-order valence-electron chi connectivity index (χ1n) is 7.79. The summed E-state index contributed by atoms with van der Waals surface area (Å²) in [5.74, 6) is 2.50. The smallest absolute Gasteiger partial charge is 0.224 e. The molecule has 2 rings (SSSR count). The van der Waals surface area contributed by atoms with Crippen molar-refractivity contribution in [2.24, 2.45) is 0 Å². The van der Waals surface area contributed by atoms with Gasteiger partial charge in [-0.15, -0.1) is 0 Å². The Morgan fingerprint density at radius 3 is 2.20 bits per heavy atom. The van der Waals surface area contributed by atoms with Gasteiger partial charge in [0.15, 0.2) is 11.5 Å². The Labute approximate surface area is 147 Å². The molecule has 1 N–H and O–H groups in total. The van der Waals surface area contributed by atoms with Crippen LogP contribution in [0.2, 0.25) is 0 Å². The maximum Gasteiger partial charge on any atom is 0.224 e. The van der Waals surface area contributed by atoms with Gasteiger partial charge in [-0.25, -0.2) is 0 Å². The third kappa shape index (κ3) is 4.79. The van der Waals surface area contributed by atoms with Gasteiger partial charge in [0.1, 0.15) is 11.5 Å². The fourth-order valence-corrected chi connectivity index (χ4v) is 2.42. The molecule has 0 saturated heterocycles. The Kier molecular flexibility index (Phi) is 6.51. The van der Waals surface area contributed by atoms with Crippen molar-refractivity contribution >= 4 is 5.91 Å². The lowest BCUT2D eigenvalue weighted by Gasteiger charge is -2.12. The molecule has 2 aromatic carbocycles. The van der Waals surface area contributed by atoms with Crippen LogP contribution < -0.4 is 24.3 Å². The SMILES string of the molecule is COc1ccc(CC(=O)NCc2ccc(OC)c(OC)c2)c(OC)c1. The van der Waals surface area contributed by atoms with E-state index in [9.17, 15) is 4.79 Å². The van der Waals surface area contributed by atoms with Crippen LogP contribution in [0.4, 0.5) is 0 Å². The molecular formula is C19H23NO5. The number of ether oxygens (including phenoxy) is 4. The van der Waals surface area contributed by atoms with Crippen molar-refractivity contribution in [1.29, 1.82) is 0 Å². The van der Waals surface area contributed by atoms with Crippen molar-refractivity contribution in [3.63, 3.8) is 0 Å². The monoisotopic (exact) mass is 345 g/mol. The van der Waals surface area contributed by atoms with E-state index in [1.54, 1.807) is 40.6 Å². The number of hydrogen-bond acceptors (Lipinski definition) is 5. The third-order valence-corrected chi connectivity index (χ3v) is 3.78. The molecule has 0 aliphatic heterocycles. The van der Waals surface area contributed by atoms with Crippen molar-refractivity contribution < 1.29 is 23.7 Å². The Balaban J connectivity index is 1.99. The molecule has 0 aliphatic carbocycles. The molecule has 0 fully saturated rings. The predicted molar refractivity (Wildman–Crippen MR) is 94.6 cm³/mol. The van der Waals surface area contributed by atoms with Gasteiger partial charge in [0, 0.05) is 18.2 Å². The van der Waals surface area contributed by atoms with Crippen LogP contribution in [0, 0.1) is 0 Å². The second-order valence-corrected chi connectivity index (χ2v) is 5.32. The van der Waals surface area contributed by atoms with Gasteiger partial charge in [-0.05, 0) is 23.8 Å². The maximum atomic E-state index is 12.2. The van der Waals surface area contributed by atoms with E-state index in [0.717, 1.165) is 11.1 Å². The van der Waals surface area contributed by atoms with Crippen molar-refractivity contribution in [2.75, 3.05) is 28.4 Å². The molecule has 1 amide bonds. The summed E-state index contributed by atoms with van der Waals surface area (Å²) in [6, 6.07) is 10.9. The number of hydrogen-bond donors (Lipinski definition) is 1. The molecule has 2 aromatic rings. The summed E-state index contributed by atoms with van der Waals surface area (Å²) in [4.78, 5) is 12.2. The highest BCUT2D eigenvalue weighted by Crippen LogP contribution is 2.27. The zero-order chi connectivity index (χ0) is 18.2. The average Bonchev–Trinajstić information content (AvgIpc) is 2.66. The Morgan fingerprint density at radius 2 is 1.56 bits per heavy atom. The van der Waals surface area contributed by atoms with E-state index in [1.807, 2.05) is 24.3 Å². The van der Waals surface area contributed by atoms with E-state index in [0.29, 0.717) is 29.5 Å². The molecule has 0 heterocycles. The number of carbonyl (C=O) groups is 1. The van der Waals surface area contributed by atoms with E-state index in [2.05, 4.69) is 5.32 Å². The van der Waals surface area contributed by atoms with Gasteiger partial charge in [-0.1, -0.05) is 12.1 Å². The van der Waals surface area contributed by atoms with Gasteiger partial charge in [0.25, 0.3) is 0 Å². The second kappa shape index (κ2) is 8.82. The number of rotatable bonds is 8. The largest absolute Gasteiger partial charge is 0.497 e. The molecule has 0 atom stereocenters. The second-order valence-electron chi connectivity index (χ2n) is 5.32. The Hall–Kier alpha value is -2.89. The van der Waals surface area contributed by atoms with Crippen LogP contribution in [-0.2, 0) is 17.8 Å². The van der Waals surface area contributed by atoms with Crippen molar-refractivity contribution in [3.05, 3.63) is 47.5 Å². The van der Waals surface area contributed by atoms with Crippen molar-refractivity contribution in [2.45, 2.75) is 13.0 Å². The van der Waals surface area contributed by atoms with E-state index >= 15 is 0 Å². The molecule has 134 valence electrons. The standard InChI is InChI=1S/C19H23NO5/c1-22-15-7-6-14(17(11-15)24-3)10-19(21)20-12-13-5-8-16(23-2)18(9-13)25-4/h5-9,11H,10,12H2,1-4H3,(H,20,21). The molecule has 0 aromatic heterocycles. The fraction of sp³-hybridized carbons (Fsp3) is 0.316. The molecule has 25 heavy (non-hydrogen) atoms. The van der Waals surface area contributed by atoms with Gasteiger partial charge < -0.3 is 24.3 Å². The number of nitrogens with one attached hydrogen (secondary N) is 1. The highest BCUT2D eigenvalue weighted by Gasteiger charge is 2.11. The lowest BCUT2D eigenvalue weighted by atomic mass is 10.1. The topological polar surface area (TPSA) is 66.0 Å². The summed E-state index contributed by atoms with van der Waals surface area (Å²) in [5.41, 5.74) is 1.72. The highest BCUT2D eigenvalue weighted by molar-refractivity contribution is 5.79. The minimum absolute atomic E-state index is 0.0988. The maximum absolute atomic E-state index is 12.2. The van der Waals surface area contributed by atoms with Crippen LogP contribution in [0.1, 0.15) is 11.1 Å². The first-order valence-corrected chi connectivity index (χ1v) is 7.79. The van der Waals surface area contributed by atoms with Crippen LogP contribution in [0.5, 0.6) is 23.0 Å². The summed E-state index contributed by atoms with van der Waals surface area (Å²) in [7, 11) is 6.32. The third-order valence-electron chi connectivity index (χ3n) is 3.78. The Morgan fingerprint density at radius 1 is 0.840 bits per heavy atom. The predicted octanol–water partition coefficient (Wildman–Crippen LogP) is 2.58. The molecule has 0 saturated carbocycles. The molecule has 0 spiro atoms. The number of benzene rings is 2. The first kappa shape index (κ1) is 18.4. The minimum atomic E-state index is -0.0988. The van der Waals surface area contributed by atoms with E-state index in [1.165, 1.54) is 0 Å². The number of carbonyl (C=O) groups excluding carboxylic acids is 1.